The highest BCUT2D eigenvalue weighted by Crippen LogP contribution is 2.17. The maximum atomic E-state index is 5.61. The van der Waals surface area contributed by atoms with Gasteiger partial charge < -0.3 is 13.9 Å². The normalized spacial score (nSPS) is 21.9. The second-order valence-electron chi connectivity index (χ2n) is 3.56. The van der Waals surface area contributed by atoms with Gasteiger partial charge in [0, 0.05) is 7.11 Å². The number of rotatable bonds is 7. The first-order valence-electron chi connectivity index (χ1n) is 5.01. The molecule has 1 rings (SSSR count). The molecule has 78 valence electrons. The van der Waals surface area contributed by atoms with Crippen LogP contribution in [0.4, 0.5) is 0 Å². The fourth-order valence-corrected chi connectivity index (χ4v) is 3.44. The molecule has 0 aliphatic carbocycles. The van der Waals surface area contributed by atoms with Crippen LogP contribution in [0.15, 0.2) is 0 Å². The molecule has 4 heteroatoms. The van der Waals surface area contributed by atoms with E-state index in [0.29, 0.717) is 6.10 Å². The topological polar surface area (TPSA) is 31.0 Å². The summed E-state index contributed by atoms with van der Waals surface area (Å²) in [5.74, 6) is 0. The smallest absolute Gasteiger partial charge is 0.216 e. The largest absolute Gasteiger partial charge is 0.418 e. The van der Waals surface area contributed by atoms with Crippen LogP contribution >= 0.6 is 0 Å². The van der Waals surface area contributed by atoms with Crippen LogP contribution in [0.2, 0.25) is 12.1 Å². The highest BCUT2D eigenvalue weighted by Gasteiger charge is 2.31. The van der Waals surface area contributed by atoms with Gasteiger partial charge in [-0.3, -0.25) is 0 Å². The zero-order valence-corrected chi connectivity index (χ0v) is 9.84. The molecule has 0 amide bonds. The highest BCUT2D eigenvalue weighted by molar-refractivity contribution is 6.73. The van der Waals surface area contributed by atoms with Gasteiger partial charge >= 0.3 is 0 Å². The van der Waals surface area contributed by atoms with Gasteiger partial charge in [-0.15, -0.1) is 0 Å². The zero-order chi connectivity index (χ0) is 9.73. The van der Waals surface area contributed by atoms with Gasteiger partial charge in [0.15, 0.2) is 0 Å². The molecule has 1 atom stereocenters. The van der Waals surface area contributed by atoms with Crippen molar-refractivity contribution in [2.75, 3.05) is 26.6 Å². The molecular formula is C9H20O3Si. The van der Waals surface area contributed by atoms with Crippen LogP contribution in [0.5, 0.6) is 0 Å². The molecule has 13 heavy (non-hydrogen) atoms. The number of epoxide rings is 1. The number of hydrogen-bond donors (Lipinski definition) is 0. The maximum absolute atomic E-state index is 5.61. The van der Waals surface area contributed by atoms with Gasteiger partial charge in [-0.2, -0.15) is 0 Å². The highest BCUT2D eigenvalue weighted by atomic mass is 28.4. The Hall–Kier alpha value is 0.0969. The van der Waals surface area contributed by atoms with E-state index in [2.05, 4.69) is 13.8 Å². The molecule has 1 fully saturated rings. The molecule has 3 nitrogen and oxygen atoms in total. The van der Waals surface area contributed by atoms with Crippen molar-refractivity contribution < 1.29 is 13.9 Å². The average Bonchev–Trinajstić information content (AvgIpc) is 2.97. The molecule has 0 bridgehead atoms. The molecular weight excluding hydrogens is 184 g/mol. The van der Waals surface area contributed by atoms with Gasteiger partial charge in [-0.1, -0.05) is 13.8 Å². The van der Waals surface area contributed by atoms with Crippen molar-refractivity contribution in [3.05, 3.63) is 0 Å². The lowest BCUT2D eigenvalue weighted by Gasteiger charge is -2.26. The Balaban J connectivity index is 2.19. The van der Waals surface area contributed by atoms with E-state index >= 15 is 0 Å². The van der Waals surface area contributed by atoms with Gasteiger partial charge in [-0.25, -0.2) is 0 Å². The Morgan fingerprint density at radius 1 is 1.38 bits per heavy atom. The van der Waals surface area contributed by atoms with E-state index < -0.39 is 8.32 Å². The fraction of sp³-hybridized carbons (Fsp3) is 1.00. The summed E-state index contributed by atoms with van der Waals surface area (Å²) in [6.07, 6.45) is 1.19. The molecule has 0 aromatic heterocycles. The lowest BCUT2D eigenvalue weighted by Crippen LogP contribution is -2.41. The van der Waals surface area contributed by atoms with Gasteiger partial charge in [0.1, 0.15) is 6.10 Å². The zero-order valence-electron chi connectivity index (χ0n) is 8.84. The van der Waals surface area contributed by atoms with Crippen LogP contribution < -0.4 is 0 Å². The van der Waals surface area contributed by atoms with Crippen LogP contribution in [-0.2, 0) is 13.9 Å². The minimum atomic E-state index is -1.53. The molecule has 1 aliphatic heterocycles. The Bertz CT molecular complexity index is 136. The van der Waals surface area contributed by atoms with E-state index in [1.54, 1.807) is 0 Å². The average molecular weight is 204 g/mol. The molecule has 0 aromatic rings. The van der Waals surface area contributed by atoms with Gasteiger partial charge in [-0.05, 0) is 12.1 Å². The number of ether oxygens (including phenoxy) is 2. The van der Waals surface area contributed by atoms with Crippen LogP contribution in [-0.4, -0.2) is 41.0 Å². The lowest BCUT2D eigenvalue weighted by atomic mass is 10.5. The first-order chi connectivity index (χ1) is 6.26. The van der Waals surface area contributed by atoms with E-state index in [1.165, 1.54) is 0 Å². The second kappa shape index (κ2) is 5.10. The monoisotopic (exact) mass is 204 g/mol. The molecule has 0 radical (unpaired) electrons. The van der Waals surface area contributed by atoms with Crippen molar-refractivity contribution in [3.8, 4) is 0 Å². The third-order valence-electron chi connectivity index (χ3n) is 2.79. The maximum Gasteiger partial charge on any atom is 0.216 e. The summed E-state index contributed by atoms with van der Waals surface area (Å²) in [6, 6.07) is 2.26. The van der Waals surface area contributed by atoms with E-state index in [9.17, 15) is 0 Å². The van der Waals surface area contributed by atoms with Crippen LogP contribution in [0.1, 0.15) is 13.8 Å². The van der Waals surface area contributed by atoms with Crippen molar-refractivity contribution in [1.29, 1.82) is 0 Å². The molecule has 1 saturated heterocycles. The molecule has 1 heterocycles. The van der Waals surface area contributed by atoms with Crippen LogP contribution in [0, 0.1) is 0 Å². The van der Waals surface area contributed by atoms with Crippen molar-refractivity contribution in [3.63, 3.8) is 0 Å². The predicted octanol–water partition coefficient (Wildman–Crippen LogP) is 1.57. The van der Waals surface area contributed by atoms with Gasteiger partial charge in [0.2, 0.25) is 8.32 Å². The molecule has 0 N–H and O–H groups in total. The minimum Gasteiger partial charge on any atom is -0.418 e. The molecule has 1 aliphatic rings. The van der Waals surface area contributed by atoms with Gasteiger partial charge in [0.25, 0.3) is 0 Å². The first kappa shape index (κ1) is 11.2. The summed E-state index contributed by atoms with van der Waals surface area (Å²) in [7, 11) is 0.281. The quantitative estimate of drug-likeness (QED) is 0.466. The summed E-state index contributed by atoms with van der Waals surface area (Å²) in [6.45, 7) is 6.00. The van der Waals surface area contributed by atoms with E-state index in [4.69, 9.17) is 13.9 Å². The standard InChI is InChI=1S/C9H20O3Si/c1-4-13(5-2,10-3)8-11-6-9-7-12-9/h9H,4-8H2,1-3H3. The Kier molecular flexibility index (Phi) is 4.38. The SMILES string of the molecule is CC[Si](CC)(COCC1CO1)OC. The van der Waals surface area contributed by atoms with E-state index in [1.807, 2.05) is 7.11 Å². The molecule has 1 unspecified atom stereocenters. The van der Waals surface area contributed by atoms with Crippen molar-refractivity contribution in [2.24, 2.45) is 0 Å². The molecule has 0 saturated carbocycles. The molecule has 0 aromatic carbocycles. The van der Waals surface area contributed by atoms with Gasteiger partial charge in [0.05, 0.1) is 19.4 Å². The molecule has 0 spiro atoms. The summed E-state index contributed by atoms with van der Waals surface area (Å²) in [5.41, 5.74) is 0. The Morgan fingerprint density at radius 3 is 2.38 bits per heavy atom. The van der Waals surface area contributed by atoms with E-state index in [-0.39, 0.29) is 0 Å². The fourth-order valence-electron chi connectivity index (χ4n) is 1.34. The second-order valence-corrected chi connectivity index (χ2v) is 8.04. The third kappa shape index (κ3) is 3.38. The summed E-state index contributed by atoms with van der Waals surface area (Å²) in [4.78, 5) is 0. The summed E-state index contributed by atoms with van der Waals surface area (Å²) in [5, 5.41) is 0. The Labute approximate surface area is 81.5 Å². The van der Waals surface area contributed by atoms with E-state index in [0.717, 1.165) is 31.5 Å². The van der Waals surface area contributed by atoms with Crippen molar-refractivity contribution in [2.45, 2.75) is 32.0 Å². The third-order valence-corrected chi connectivity index (χ3v) is 6.97. The van der Waals surface area contributed by atoms with Crippen molar-refractivity contribution >= 4 is 8.32 Å². The predicted molar refractivity (Wildman–Crippen MR) is 54.3 cm³/mol. The van der Waals surface area contributed by atoms with Crippen LogP contribution in [0.3, 0.4) is 0 Å². The minimum absolute atomic E-state index is 0.372. The lowest BCUT2D eigenvalue weighted by molar-refractivity contribution is 0.137. The first-order valence-corrected chi connectivity index (χ1v) is 7.54. The van der Waals surface area contributed by atoms with Crippen LogP contribution in [0.25, 0.3) is 0 Å². The summed E-state index contributed by atoms with van der Waals surface area (Å²) < 4.78 is 16.3. The Morgan fingerprint density at radius 2 is 2.00 bits per heavy atom. The van der Waals surface area contributed by atoms with Crippen molar-refractivity contribution in [1.82, 2.24) is 0 Å². The summed E-state index contributed by atoms with van der Waals surface area (Å²) >= 11 is 0. The number of hydrogen-bond acceptors (Lipinski definition) is 3.